The summed E-state index contributed by atoms with van der Waals surface area (Å²) in [5, 5.41) is 12.6. The second kappa shape index (κ2) is 6.88. The van der Waals surface area contributed by atoms with Gasteiger partial charge in [0.15, 0.2) is 0 Å². The quantitative estimate of drug-likeness (QED) is 0.540. The Kier molecular flexibility index (Phi) is 5.31. The molecule has 0 heterocycles. The van der Waals surface area contributed by atoms with Crippen molar-refractivity contribution in [2.24, 2.45) is 0 Å². The van der Waals surface area contributed by atoms with Crippen LogP contribution in [0.5, 0.6) is 0 Å². The summed E-state index contributed by atoms with van der Waals surface area (Å²) >= 11 is 0. The molecule has 3 heteroatoms. The van der Waals surface area contributed by atoms with E-state index in [1.54, 1.807) is 0 Å². The molecule has 1 unspecified atom stereocenters. The van der Waals surface area contributed by atoms with E-state index in [1.165, 1.54) is 0 Å². The van der Waals surface area contributed by atoms with E-state index in [0.717, 1.165) is 5.69 Å². The molecule has 0 saturated heterocycles. The van der Waals surface area contributed by atoms with Gasteiger partial charge in [-0.25, -0.2) is 0 Å². The number of benzene rings is 1. The minimum Gasteiger partial charge on any atom is -0.389 e. The van der Waals surface area contributed by atoms with E-state index in [1.807, 2.05) is 30.3 Å². The van der Waals surface area contributed by atoms with Gasteiger partial charge in [0.25, 0.3) is 0 Å². The SMILES string of the molecule is C#CCOCC(O)CNc1ccccc1. The summed E-state index contributed by atoms with van der Waals surface area (Å²) in [4.78, 5) is 0. The molecule has 0 amide bonds. The van der Waals surface area contributed by atoms with E-state index >= 15 is 0 Å². The van der Waals surface area contributed by atoms with Crippen molar-refractivity contribution in [1.29, 1.82) is 0 Å². The van der Waals surface area contributed by atoms with Gasteiger partial charge in [0.1, 0.15) is 6.61 Å². The zero-order chi connectivity index (χ0) is 10.9. The first-order valence-corrected chi connectivity index (χ1v) is 4.81. The van der Waals surface area contributed by atoms with Crippen molar-refractivity contribution in [3.05, 3.63) is 30.3 Å². The highest BCUT2D eigenvalue weighted by molar-refractivity contribution is 5.42. The fraction of sp³-hybridized carbons (Fsp3) is 0.333. The van der Waals surface area contributed by atoms with E-state index in [-0.39, 0.29) is 13.2 Å². The molecule has 2 N–H and O–H groups in total. The molecule has 0 aliphatic rings. The highest BCUT2D eigenvalue weighted by Crippen LogP contribution is 2.04. The first kappa shape index (κ1) is 11.6. The molecular formula is C12H15NO2. The monoisotopic (exact) mass is 205 g/mol. The van der Waals surface area contributed by atoms with Crippen LogP contribution in [0.4, 0.5) is 5.69 Å². The number of hydrogen-bond donors (Lipinski definition) is 2. The van der Waals surface area contributed by atoms with Crippen molar-refractivity contribution < 1.29 is 9.84 Å². The molecule has 0 fully saturated rings. The van der Waals surface area contributed by atoms with Crippen molar-refractivity contribution >= 4 is 5.69 Å². The number of aliphatic hydroxyl groups is 1. The topological polar surface area (TPSA) is 41.5 Å². The van der Waals surface area contributed by atoms with Crippen LogP contribution in [0.3, 0.4) is 0 Å². The average molecular weight is 205 g/mol. The normalized spacial score (nSPS) is 11.7. The molecule has 15 heavy (non-hydrogen) atoms. The molecule has 0 aliphatic heterocycles. The van der Waals surface area contributed by atoms with Crippen molar-refractivity contribution in [3.63, 3.8) is 0 Å². The van der Waals surface area contributed by atoms with E-state index in [0.29, 0.717) is 6.54 Å². The minimum atomic E-state index is -0.543. The van der Waals surface area contributed by atoms with Crippen LogP contribution >= 0.6 is 0 Å². The lowest BCUT2D eigenvalue weighted by Gasteiger charge is -2.12. The number of hydrogen-bond acceptors (Lipinski definition) is 3. The number of rotatable bonds is 6. The Bertz CT molecular complexity index is 305. The Morgan fingerprint density at radius 1 is 1.40 bits per heavy atom. The van der Waals surface area contributed by atoms with Gasteiger partial charge in [-0.15, -0.1) is 6.42 Å². The largest absolute Gasteiger partial charge is 0.389 e. The van der Waals surface area contributed by atoms with Gasteiger partial charge in [-0.2, -0.15) is 0 Å². The molecule has 3 nitrogen and oxygen atoms in total. The van der Waals surface area contributed by atoms with Crippen LogP contribution in [0.2, 0.25) is 0 Å². The molecule has 80 valence electrons. The highest BCUT2D eigenvalue weighted by Gasteiger charge is 2.02. The van der Waals surface area contributed by atoms with E-state index in [9.17, 15) is 5.11 Å². The third kappa shape index (κ3) is 5.06. The molecule has 1 atom stereocenters. The lowest BCUT2D eigenvalue weighted by molar-refractivity contribution is 0.0588. The zero-order valence-electron chi connectivity index (χ0n) is 8.52. The van der Waals surface area contributed by atoms with Gasteiger partial charge in [0.2, 0.25) is 0 Å². The third-order valence-corrected chi connectivity index (χ3v) is 1.81. The Balaban J connectivity index is 2.17. The van der Waals surface area contributed by atoms with Gasteiger partial charge in [-0.05, 0) is 12.1 Å². The molecule has 0 aliphatic carbocycles. The molecule has 1 rings (SSSR count). The minimum absolute atomic E-state index is 0.238. The molecular weight excluding hydrogens is 190 g/mol. The first-order chi connectivity index (χ1) is 7.33. The zero-order valence-corrected chi connectivity index (χ0v) is 8.52. The Morgan fingerprint density at radius 2 is 2.13 bits per heavy atom. The van der Waals surface area contributed by atoms with E-state index < -0.39 is 6.10 Å². The van der Waals surface area contributed by atoms with E-state index in [4.69, 9.17) is 11.2 Å². The number of aliphatic hydroxyl groups excluding tert-OH is 1. The van der Waals surface area contributed by atoms with Gasteiger partial charge in [-0.3, -0.25) is 0 Å². The summed E-state index contributed by atoms with van der Waals surface area (Å²) in [5.41, 5.74) is 0.980. The second-order valence-corrected chi connectivity index (χ2v) is 3.12. The second-order valence-electron chi connectivity index (χ2n) is 3.12. The molecule has 0 bridgehead atoms. The fourth-order valence-electron chi connectivity index (χ4n) is 1.10. The predicted octanol–water partition coefficient (Wildman–Crippen LogP) is 1.11. The molecule has 1 aromatic carbocycles. The molecule has 1 aromatic rings. The van der Waals surface area contributed by atoms with Gasteiger partial charge in [-0.1, -0.05) is 24.1 Å². The van der Waals surface area contributed by atoms with Crippen LogP contribution in [0, 0.1) is 12.3 Å². The maximum Gasteiger partial charge on any atom is 0.107 e. The van der Waals surface area contributed by atoms with Gasteiger partial charge >= 0.3 is 0 Å². The highest BCUT2D eigenvalue weighted by atomic mass is 16.5. The standard InChI is InChI=1S/C12H15NO2/c1-2-8-15-10-12(14)9-13-11-6-4-3-5-7-11/h1,3-7,12-14H,8-10H2. The maximum atomic E-state index is 9.48. The number of ether oxygens (including phenoxy) is 1. The fourth-order valence-corrected chi connectivity index (χ4v) is 1.10. The average Bonchev–Trinajstić information content (AvgIpc) is 2.28. The summed E-state index contributed by atoms with van der Waals surface area (Å²) in [6.07, 6.45) is 4.46. The van der Waals surface area contributed by atoms with Crippen LogP contribution in [-0.4, -0.2) is 31.0 Å². The van der Waals surface area contributed by atoms with Gasteiger partial charge < -0.3 is 15.2 Å². The summed E-state index contributed by atoms with van der Waals surface area (Å²) in [7, 11) is 0. The molecule has 0 saturated carbocycles. The van der Waals surface area contributed by atoms with Crippen molar-refractivity contribution in [2.45, 2.75) is 6.10 Å². The number of terminal acetylenes is 1. The Labute approximate surface area is 90.1 Å². The Morgan fingerprint density at radius 3 is 2.80 bits per heavy atom. The lowest BCUT2D eigenvalue weighted by atomic mass is 10.3. The van der Waals surface area contributed by atoms with Gasteiger partial charge in [0.05, 0.1) is 12.7 Å². The maximum absolute atomic E-state index is 9.48. The number of anilines is 1. The van der Waals surface area contributed by atoms with Crippen molar-refractivity contribution in [1.82, 2.24) is 0 Å². The van der Waals surface area contributed by atoms with Gasteiger partial charge in [0, 0.05) is 12.2 Å². The van der Waals surface area contributed by atoms with Crippen molar-refractivity contribution in [2.75, 3.05) is 25.1 Å². The Hall–Kier alpha value is -1.50. The predicted molar refractivity (Wildman–Crippen MR) is 60.6 cm³/mol. The summed E-state index contributed by atoms with van der Waals surface area (Å²) < 4.78 is 5.01. The van der Waals surface area contributed by atoms with E-state index in [2.05, 4.69) is 11.2 Å². The van der Waals surface area contributed by atoms with Crippen LogP contribution in [0.25, 0.3) is 0 Å². The summed E-state index contributed by atoms with van der Waals surface area (Å²) in [6.45, 7) is 0.945. The molecule has 0 spiro atoms. The number of nitrogens with one attached hydrogen (secondary N) is 1. The summed E-state index contributed by atoms with van der Waals surface area (Å²) in [6, 6.07) is 9.69. The third-order valence-electron chi connectivity index (χ3n) is 1.81. The number of para-hydroxylation sites is 1. The summed E-state index contributed by atoms with van der Waals surface area (Å²) in [5.74, 6) is 2.34. The first-order valence-electron chi connectivity index (χ1n) is 4.81. The molecule has 0 radical (unpaired) electrons. The van der Waals surface area contributed by atoms with Crippen LogP contribution in [-0.2, 0) is 4.74 Å². The lowest BCUT2D eigenvalue weighted by Crippen LogP contribution is -2.24. The smallest absolute Gasteiger partial charge is 0.107 e. The van der Waals surface area contributed by atoms with Crippen LogP contribution in [0.15, 0.2) is 30.3 Å². The molecule has 0 aromatic heterocycles. The van der Waals surface area contributed by atoms with Crippen LogP contribution in [0.1, 0.15) is 0 Å². The van der Waals surface area contributed by atoms with Crippen LogP contribution < -0.4 is 5.32 Å². The van der Waals surface area contributed by atoms with Crippen molar-refractivity contribution in [3.8, 4) is 12.3 Å².